The monoisotopic (exact) mass is 289 g/mol. The Bertz CT molecular complexity index is 604. The van der Waals surface area contributed by atoms with Gasteiger partial charge in [0, 0.05) is 12.1 Å². The van der Waals surface area contributed by atoms with Crippen LogP contribution in [0.25, 0.3) is 5.69 Å². The molecule has 1 amide bonds. The van der Waals surface area contributed by atoms with Crippen LogP contribution in [-0.4, -0.2) is 43.9 Å². The number of hydrogen-bond acceptors (Lipinski definition) is 5. The number of nitrogens with one attached hydrogen (secondary N) is 1. The molecule has 0 fully saturated rings. The van der Waals surface area contributed by atoms with Crippen LogP contribution in [0.1, 0.15) is 31.1 Å². The Morgan fingerprint density at radius 1 is 1.43 bits per heavy atom. The van der Waals surface area contributed by atoms with E-state index in [1.807, 2.05) is 20.8 Å². The van der Waals surface area contributed by atoms with Crippen LogP contribution in [0.2, 0.25) is 0 Å². The van der Waals surface area contributed by atoms with Crippen LogP contribution in [0.15, 0.2) is 30.6 Å². The lowest BCUT2D eigenvalue weighted by molar-refractivity contribution is 0.0587. The predicted molar refractivity (Wildman–Crippen MR) is 76.9 cm³/mol. The molecule has 7 heteroatoms. The number of rotatable bonds is 4. The molecule has 2 rings (SSSR count). The molecule has 0 saturated carbocycles. The van der Waals surface area contributed by atoms with E-state index < -0.39 is 6.10 Å². The number of carbonyl (C=O) groups is 1. The van der Waals surface area contributed by atoms with Gasteiger partial charge in [0.25, 0.3) is 5.91 Å². The zero-order valence-corrected chi connectivity index (χ0v) is 12.3. The summed E-state index contributed by atoms with van der Waals surface area (Å²) in [5, 5.41) is 23.6. The van der Waals surface area contributed by atoms with Crippen molar-refractivity contribution in [1.82, 2.24) is 25.5 Å². The van der Waals surface area contributed by atoms with E-state index in [2.05, 4.69) is 20.8 Å². The summed E-state index contributed by atoms with van der Waals surface area (Å²) >= 11 is 0. The maximum atomic E-state index is 12.1. The van der Waals surface area contributed by atoms with Crippen molar-refractivity contribution in [1.29, 1.82) is 0 Å². The number of aliphatic hydroxyl groups is 1. The van der Waals surface area contributed by atoms with Crippen LogP contribution in [0.5, 0.6) is 0 Å². The molecular weight excluding hydrogens is 270 g/mol. The number of hydrogen-bond donors (Lipinski definition) is 2. The molecule has 1 unspecified atom stereocenters. The number of nitrogens with zero attached hydrogens (tertiary/aromatic N) is 4. The van der Waals surface area contributed by atoms with Crippen LogP contribution in [0, 0.1) is 5.41 Å². The number of aliphatic hydroxyl groups excluding tert-OH is 1. The number of amides is 1. The minimum absolute atomic E-state index is 0.206. The summed E-state index contributed by atoms with van der Waals surface area (Å²) in [6, 6.07) is 6.95. The predicted octanol–water partition coefficient (Wildman–Crippen LogP) is 0.799. The van der Waals surface area contributed by atoms with Gasteiger partial charge in [-0.05, 0) is 34.0 Å². The van der Waals surface area contributed by atoms with Crippen molar-refractivity contribution in [2.24, 2.45) is 5.41 Å². The van der Waals surface area contributed by atoms with Gasteiger partial charge in [-0.3, -0.25) is 4.79 Å². The minimum atomic E-state index is -0.607. The zero-order valence-electron chi connectivity index (χ0n) is 12.3. The van der Waals surface area contributed by atoms with Gasteiger partial charge in [0.1, 0.15) is 6.33 Å². The largest absolute Gasteiger partial charge is 0.391 e. The van der Waals surface area contributed by atoms with Crippen LogP contribution in [0.4, 0.5) is 0 Å². The van der Waals surface area contributed by atoms with E-state index in [-0.39, 0.29) is 17.9 Å². The van der Waals surface area contributed by atoms with E-state index in [9.17, 15) is 9.90 Å². The minimum Gasteiger partial charge on any atom is -0.391 e. The number of benzene rings is 1. The molecule has 2 N–H and O–H groups in total. The van der Waals surface area contributed by atoms with Crippen molar-refractivity contribution in [2.75, 3.05) is 6.54 Å². The van der Waals surface area contributed by atoms with Gasteiger partial charge >= 0.3 is 0 Å². The molecule has 1 aromatic carbocycles. The van der Waals surface area contributed by atoms with E-state index in [0.717, 1.165) is 0 Å². The highest BCUT2D eigenvalue weighted by Crippen LogP contribution is 2.18. The Balaban J connectivity index is 2.05. The highest BCUT2D eigenvalue weighted by atomic mass is 16.3. The van der Waals surface area contributed by atoms with E-state index in [4.69, 9.17) is 0 Å². The molecule has 2 aromatic rings. The second kappa shape index (κ2) is 6.01. The van der Waals surface area contributed by atoms with Gasteiger partial charge in [0.15, 0.2) is 0 Å². The first-order valence-electron chi connectivity index (χ1n) is 6.67. The number of tetrazole rings is 1. The molecule has 0 bridgehead atoms. The third kappa shape index (κ3) is 3.85. The molecule has 1 aromatic heterocycles. The fourth-order valence-corrected chi connectivity index (χ4v) is 1.67. The van der Waals surface area contributed by atoms with Gasteiger partial charge in [0.05, 0.1) is 11.8 Å². The van der Waals surface area contributed by atoms with E-state index in [1.54, 1.807) is 24.3 Å². The average molecular weight is 289 g/mol. The van der Waals surface area contributed by atoms with Crippen LogP contribution >= 0.6 is 0 Å². The average Bonchev–Trinajstić information content (AvgIpc) is 2.97. The lowest BCUT2D eigenvalue weighted by Gasteiger charge is -2.25. The van der Waals surface area contributed by atoms with Crippen molar-refractivity contribution < 1.29 is 9.90 Å². The zero-order chi connectivity index (χ0) is 15.5. The molecule has 0 spiro atoms. The summed E-state index contributed by atoms with van der Waals surface area (Å²) in [7, 11) is 0. The van der Waals surface area contributed by atoms with Gasteiger partial charge in [-0.2, -0.15) is 0 Å². The summed E-state index contributed by atoms with van der Waals surface area (Å²) in [5.74, 6) is -0.242. The molecule has 7 nitrogen and oxygen atoms in total. The molecular formula is C14H19N5O2. The summed E-state index contributed by atoms with van der Waals surface area (Å²) in [4.78, 5) is 12.1. The lowest BCUT2D eigenvalue weighted by atomic mass is 9.89. The Morgan fingerprint density at radius 3 is 2.81 bits per heavy atom. The van der Waals surface area contributed by atoms with Crippen molar-refractivity contribution in [3.63, 3.8) is 0 Å². The smallest absolute Gasteiger partial charge is 0.251 e. The van der Waals surface area contributed by atoms with Crippen molar-refractivity contribution in [3.05, 3.63) is 36.2 Å². The maximum Gasteiger partial charge on any atom is 0.251 e. The van der Waals surface area contributed by atoms with Crippen LogP contribution in [0.3, 0.4) is 0 Å². The molecule has 1 heterocycles. The van der Waals surface area contributed by atoms with Crippen LogP contribution in [-0.2, 0) is 0 Å². The topological polar surface area (TPSA) is 92.9 Å². The normalized spacial score (nSPS) is 13.0. The molecule has 112 valence electrons. The Kier molecular flexibility index (Phi) is 4.32. The lowest BCUT2D eigenvalue weighted by Crippen LogP contribution is -2.39. The Hall–Kier alpha value is -2.28. The fraction of sp³-hybridized carbons (Fsp3) is 0.429. The molecule has 0 aliphatic rings. The Morgan fingerprint density at radius 2 is 2.19 bits per heavy atom. The standard InChI is InChI=1S/C14H19N5O2/c1-14(2,3)12(20)8-15-13(21)10-5-4-6-11(7-10)19-9-16-17-18-19/h4-7,9,12,20H,8H2,1-3H3,(H,15,21). The summed E-state index contributed by atoms with van der Waals surface area (Å²) in [6.07, 6.45) is 0.851. The molecule has 0 radical (unpaired) electrons. The fourth-order valence-electron chi connectivity index (χ4n) is 1.67. The first kappa shape index (κ1) is 15.1. The molecule has 0 saturated heterocycles. The summed E-state index contributed by atoms with van der Waals surface area (Å²) in [6.45, 7) is 5.96. The SMILES string of the molecule is CC(C)(C)C(O)CNC(=O)c1cccc(-n2cnnn2)c1. The first-order valence-corrected chi connectivity index (χ1v) is 6.67. The van der Waals surface area contributed by atoms with Crippen molar-refractivity contribution >= 4 is 5.91 Å². The summed E-state index contributed by atoms with van der Waals surface area (Å²) in [5.41, 5.74) is 0.912. The van der Waals surface area contributed by atoms with E-state index in [0.29, 0.717) is 11.3 Å². The van der Waals surface area contributed by atoms with Gasteiger partial charge in [0.2, 0.25) is 0 Å². The van der Waals surface area contributed by atoms with Gasteiger partial charge in [-0.25, -0.2) is 4.68 Å². The third-order valence-corrected chi connectivity index (χ3v) is 3.18. The highest BCUT2D eigenvalue weighted by molar-refractivity contribution is 5.94. The summed E-state index contributed by atoms with van der Waals surface area (Å²) < 4.78 is 1.47. The quantitative estimate of drug-likeness (QED) is 0.868. The van der Waals surface area contributed by atoms with Gasteiger partial charge < -0.3 is 10.4 Å². The third-order valence-electron chi connectivity index (χ3n) is 3.18. The second-order valence-electron chi connectivity index (χ2n) is 5.90. The molecule has 0 aliphatic heterocycles. The van der Waals surface area contributed by atoms with Gasteiger partial charge in [-0.1, -0.05) is 26.8 Å². The number of carbonyl (C=O) groups excluding carboxylic acids is 1. The molecule has 21 heavy (non-hydrogen) atoms. The Labute approximate surface area is 123 Å². The molecule has 1 atom stereocenters. The highest BCUT2D eigenvalue weighted by Gasteiger charge is 2.22. The van der Waals surface area contributed by atoms with Gasteiger partial charge in [-0.15, -0.1) is 5.10 Å². The van der Waals surface area contributed by atoms with E-state index >= 15 is 0 Å². The van der Waals surface area contributed by atoms with Crippen molar-refractivity contribution in [3.8, 4) is 5.69 Å². The number of aromatic nitrogens is 4. The maximum absolute atomic E-state index is 12.1. The second-order valence-corrected chi connectivity index (χ2v) is 5.90. The molecule has 0 aliphatic carbocycles. The van der Waals surface area contributed by atoms with Crippen LogP contribution < -0.4 is 5.32 Å². The first-order chi connectivity index (χ1) is 9.88. The van der Waals surface area contributed by atoms with Crippen molar-refractivity contribution in [2.45, 2.75) is 26.9 Å². The van der Waals surface area contributed by atoms with E-state index in [1.165, 1.54) is 11.0 Å².